The van der Waals surface area contributed by atoms with Gasteiger partial charge in [-0.2, -0.15) is 0 Å². The van der Waals surface area contributed by atoms with Crippen molar-refractivity contribution in [3.8, 4) is 0 Å². The highest BCUT2D eigenvalue weighted by molar-refractivity contribution is 5.82. The van der Waals surface area contributed by atoms with Gasteiger partial charge in [0.15, 0.2) is 0 Å². The standard InChI is InChI=1S/C12H16FN5O2/c1-3-20-11(19)12(2,16-4-5-17-18-14)9-6-10(13)8-15-7-9/h6-8,16H,3-5H2,1-2H3. The number of rotatable bonds is 7. The maximum atomic E-state index is 13.3. The van der Waals surface area contributed by atoms with Gasteiger partial charge in [0.1, 0.15) is 11.4 Å². The average Bonchev–Trinajstić information content (AvgIpc) is 2.43. The van der Waals surface area contributed by atoms with Crippen molar-refractivity contribution >= 4 is 5.97 Å². The zero-order valence-corrected chi connectivity index (χ0v) is 11.3. The second-order valence-corrected chi connectivity index (χ2v) is 4.12. The lowest BCUT2D eigenvalue weighted by Crippen LogP contribution is -2.48. The predicted octanol–water partition coefficient (Wildman–Crippen LogP) is 1.90. The van der Waals surface area contributed by atoms with E-state index in [4.69, 9.17) is 10.3 Å². The molecule has 1 atom stereocenters. The van der Waals surface area contributed by atoms with Gasteiger partial charge in [0.05, 0.1) is 12.8 Å². The second-order valence-electron chi connectivity index (χ2n) is 4.12. The number of nitrogens with zero attached hydrogens (tertiary/aromatic N) is 4. The van der Waals surface area contributed by atoms with Gasteiger partial charge in [-0.3, -0.25) is 10.3 Å². The zero-order valence-electron chi connectivity index (χ0n) is 11.3. The van der Waals surface area contributed by atoms with E-state index in [-0.39, 0.29) is 19.7 Å². The molecule has 0 aliphatic carbocycles. The van der Waals surface area contributed by atoms with Crippen LogP contribution < -0.4 is 5.32 Å². The fourth-order valence-electron chi connectivity index (χ4n) is 1.65. The van der Waals surface area contributed by atoms with E-state index in [0.717, 1.165) is 6.20 Å². The number of pyridine rings is 1. The summed E-state index contributed by atoms with van der Waals surface area (Å²) in [5, 5.41) is 6.28. The van der Waals surface area contributed by atoms with Crippen LogP contribution >= 0.6 is 0 Å². The summed E-state index contributed by atoms with van der Waals surface area (Å²) in [5.41, 5.74) is 7.31. The lowest BCUT2D eigenvalue weighted by atomic mass is 9.93. The fourth-order valence-corrected chi connectivity index (χ4v) is 1.65. The molecule has 8 heteroatoms. The Kier molecular flexibility index (Phi) is 5.89. The lowest BCUT2D eigenvalue weighted by molar-refractivity contribution is -0.151. The Labute approximate surface area is 115 Å². The highest BCUT2D eigenvalue weighted by Gasteiger charge is 2.36. The van der Waals surface area contributed by atoms with Crippen LogP contribution in [0.1, 0.15) is 19.4 Å². The summed E-state index contributed by atoms with van der Waals surface area (Å²) in [6.07, 6.45) is 2.44. The first-order chi connectivity index (χ1) is 9.54. The largest absolute Gasteiger partial charge is 0.464 e. The number of carbonyl (C=O) groups excluding carboxylic acids is 1. The molecule has 1 aromatic heterocycles. The summed E-state index contributed by atoms with van der Waals surface area (Å²) >= 11 is 0. The topological polar surface area (TPSA) is 100.0 Å². The van der Waals surface area contributed by atoms with Crippen LogP contribution in [0.5, 0.6) is 0 Å². The van der Waals surface area contributed by atoms with E-state index in [9.17, 15) is 9.18 Å². The number of hydrogen-bond acceptors (Lipinski definition) is 5. The Balaban J connectivity index is 2.99. The molecule has 7 nitrogen and oxygen atoms in total. The average molecular weight is 281 g/mol. The van der Waals surface area contributed by atoms with Crippen LogP contribution in [-0.2, 0) is 15.1 Å². The SMILES string of the molecule is CCOC(=O)C(C)(NCCN=[N+]=[N-])c1cncc(F)c1. The van der Waals surface area contributed by atoms with Gasteiger partial charge in [-0.15, -0.1) is 0 Å². The normalized spacial score (nSPS) is 13.2. The van der Waals surface area contributed by atoms with E-state index in [1.54, 1.807) is 13.8 Å². The van der Waals surface area contributed by atoms with Gasteiger partial charge in [-0.05, 0) is 25.4 Å². The van der Waals surface area contributed by atoms with E-state index in [0.29, 0.717) is 5.56 Å². The van der Waals surface area contributed by atoms with Gasteiger partial charge < -0.3 is 4.74 Å². The van der Waals surface area contributed by atoms with E-state index in [2.05, 4.69) is 20.3 Å². The molecule has 0 amide bonds. The summed E-state index contributed by atoms with van der Waals surface area (Å²) < 4.78 is 18.3. The third kappa shape index (κ3) is 3.91. The van der Waals surface area contributed by atoms with E-state index in [1.165, 1.54) is 12.3 Å². The minimum Gasteiger partial charge on any atom is -0.464 e. The van der Waals surface area contributed by atoms with Crippen molar-refractivity contribution in [3.05, 3.63) is 40.3 Å². The molecule has 0 aromatic carbocycles. The molecule has 0 radical (unpaired) electrons. The van der Waals surface area contributed by atoms with Crippen LogP contribution in [0.3, 0.4) is 0 Å². The van der Waals surface area contributed by atoms with Crippen LogP contribution in [0.2, 0.25) is 0 Å². The number of aromatic nitrogens is 1. The highest BCUT2D eigenvalue weighted by Crippen LogP contribution is 2.22. The first kappa shape index (κ1) is 15.9. The van der Waals surface area contributed by atoms with Gasteiger partial charge >= 0.3 is 5.97 Å². The first-order valence-corrected chi connectivity index (χ1v) is 6.08. The molecule has 0 aliphatic rings. The van der Waals surface area contributed by atoms with Crippen molar-refractivity contribution in [2.45, 2.75) is 19.4 Å². The van der Waals surface area contributed by atoms with E-state index >= 15 is 0 Å². The molecule has 1 heterocycles. The van der Waals surface area contributed by atoms with Crippen molar-refractivity contribution in [2.24, 2.45) is 5.11 Å². The van der Waals surface area contributed by atoms with Gasteiger partial charge in [-0.1, -0.05) is 5.11 Å². The number of carbonyl (C=O) groups is 1. The van der Waals surface area contributed by atoms with E-state index < -0.39 is 17.3 Å². The summed E-state index contributed by atoms with van der Waals surface area (Å²) in [6, 6.07) is 1.21. The van der Waals surface area contributed by atoms with Crippen LogP contribution in [0.15, 0.2) is 23.6 Å². The molecule has 1 aromatic rings. The molecule has 0 spiro atoms. The minimum absolute atomic E-state index is 0.161. The van der Waals surface area contributed by atoms with Crippen molar-refractivity contribution in [1.29, 1.82) is 0 Å². The van der Waals surface area contributed by atoms with Crippen LogP contribution in [-0.4, -0.2) is 30.6 Å². The number of hydrogen-bond donors (Lipinski definition) is 1. The summed E-state index contributed by atoms with van der Waals surface area (Å²) in [5.74, 6) is -1.09. The third-order valence-electron chi connectivity index (χ3n) is 2.72. The number of halogens is 1. The Morgan fingerprint density at radius 1 is 1.65 bits per heavy atom. The summed E-state index contributed by atoms with van der Waals surface area (Å²) in [6.45, 7) is 3.86. The minimum atomic E-state index is -1.25. The molecule has 1 rings (SSSR count). The van der Waals surface area contributed by atoms with Crippen molar-refractivity contribution in [2.75, 3.05) is 19.7 Å². The molecule has 1 unspecified atom stereocenters. The van der Waals surface area contributed by atoms with Crippen molar-refractivity contribution in [1.82, 2.24) is 10.3 Å². The Bertz CT molecular complexity index is 518. The quantitative estimate of drug-likeness (QED) is 0.271. The second kappa shape index (κ2) is 7.42. The molecule has 0 fully saturated rings. The third-order valence-corrected chi connectivity index (χ3v) is 2.72. The summed E-state index contributed by atoms with van der Waals surface area (Å²) in [7, 11) is 0. The number of esters is 1. The molecule has 0 saturated carbocycles. The Hall–Kier alpha value is -2.18. The lowest BCUT2D eigenvalue weighted by Gasteiger charge is -2.28. The Morgan fingerprint density at radius 2 is 2.40 bits per heavy atom. The number of azide groups is 1. The maximum absolute atomic E-state index is 13.3. The molecule has 1 N–H and O–H groups in total. The molecule has 0 bridgehead atoms. The molecule has 108 valence electrons. The van der Waals surface area contributed by atoms with Gasteiger partial charge in [0.2, 0.25) is 0 Å². The molecular weight excluding hydrogens is 265 g/mol. The monoisotopic (exact) mass is 281 g/mol. The van der Waals surface area contributed by atoms with Crippen LogP contribution in [0.25, 0.3) is 10.4 Å². The van der Waals surface area contributed by atoms with Gasteiger partial charge in [-0.25, -0.2) is 9.18 Å². The van der Waals surface area contributed by atoms with Crippen LogP contribution in [0.4, 0.5) is 4.39 Å². The Morgan fingerprint density at radius 3 is 3.00 bits per heavy atom. The first-order valence-electron chi connectivity index (χ1n) is 6.08. The molecule has 20 heavy (non-hydrogen) atoms. The molecular formula is C12H16FN5O2. The number of nitrogens with one attached hydrogen (secondary N) is 1. The molecule has 0 saturated heterocycles. The number of ether oxygens (including phenoxy) is 1. The predicted molar refractivity (Wildman–Crippen MR) is 70.2 cm³/mol. The van der Waals surface area contributed by atoms with Gasteiger partial charge in [0.25, 0.3) is 0 Å². The van der Waals surface area contributed by atoms with Crippen molar-refractivity contribution in [3.63, 3.8) is 0 Å². The van der Waals surface area contributed by atoms with Crippen molar-refractivity contribution < 1.29 is 13.9 Å². The van der Waals surface area contributed by atoms with Gasteiger partial charge in [0, 0.05) is 29.8 Å². The van der Waals surface area contributed by atoms with Crippen LogP contribution in [0, 0.1) is 5.82 Å². The summed E-state index contributed by atoms with van der Waals surface area (Å²) in [4.78, 5) is 18.5. The fraction of sp³-hybridized carbons (Fsp3) is 0.500. The zero-order chi connectivity index (χ0) is 15.0. The van der Waals surface area contributed by atoms with E-state index in [1.807, 2.05) is 0 Å². The highest BCUT2D eigenvalue weighted by atomic mass is 19.1. The molecule has 0 aliphatic heterocycles. The smallest absolute Gasteiger partial charge is 0.330 e. The maximum Gasteiger partial charge on any atom is 0.330 e.